The van der Waals surface area contributed by atoms with Gasteiger partial charge in [-0.1, -0.05) is 25.9 Å². The van der Waals surface area contributed by atoms with Crippen LogP contribution in [0.5, 0.6) is 0 Å². The highest BCUT2D eigenvalue weighted by atomic mass is 16.5. The van der Waals surface area contributed by atoms with Crippen LogP contribution in [-0.2, 0) is 16.8 Å². The van der Waals surface area contributed by atoms with Crippen LogP contribution in [0.3, 0.4) is 0 Å². The molecule has 0 saturated carbocycles. The number of carbonyl (C=O) groups excluding carboxylic acids is 1. The molecule has 0 aromatic carbocycles. The Kier molecular flexibility index (Phi) is 6.34. The molecule has 1 aromatic rings. The molecule has 0 atom stereocenters. The zero-order valence-corrected chi connectivity index (χ0v) is 15.7. The lowest BCUT2D eigenvalue weighted by molar-refractivity contribution is -0.132. The second-order valence-electron chi connectivity index (χ2n) is 7.38. The van der Waals surface area contributed by atoms with Gasteiger partial charge < -0.3 is 9.42 Å². The number of carbonyl (C=O) groups is 1. The Labute approximate surface area is 145 Å². The molecule has 2 heterocycles. The lowest BCUT2D eigenvalue weighted by Crippen LogP contribution is -2.49. The fourth-order valence-electron chi connectivity index (χ4n) is 2.79. The van der Waals surface area contributed by atoms with Gasteiger partial charge in [0.25, 0.3) is 0 Å². The second kappa shape index (κ2) is 8.07. The minimum absolute atomic E-state index is 0.0920. The molecule has 0 spiro atoms. The first-order chi connectivity index (χ1) is 11.3. The zero-order chi connectivity index (χ0) is 17.7. The summed E-state index contributed by atoms with van der Waals surface area (Å²) >= 11 is 0. The van der Waals surface area contributed by atoms with E-state index in [4.69, 9.17) is 4.52 Å². The van der Waals surface area contributed by atoms with Crippen LogP contribution >= 0.6 is 0 Å². The Morgan fingerprint density at radius 2 is 1.71 bits per heavy atom. The number of rotatable bonds is 6. The standard InChI is InChI=1S/C17H31N5O2/c1-6-22(7-2)15(23)13-21-10-8-20(9-11-21)12-14-18-16(19-24-14)17(3,4)5/h6-13H2,1-5H3. The highest BCUT2D eigenvalue weighted by molar-refractivity contribution is 5.78. The van der Waals surface area contributed by atoms with Gasteiger partial charge in [0.15, 0.2) is 5.82 Å². The van der Waals surface area contributed by atoms with Gasteiger partial charge in [0, 0.05) is 44.7 Å². The summed E-state index contributed by atoms with van der Waals surface area (Å²) in [6.07, 6.45) is 0. The third-order valence-electron chi connectivity index (χ3n) is 4.44. The quantitative estimate of drug-likeness (QED) is 0.781. The minimum atomic E-state index is -0.0920. The largest absolute Gasteiger partial charge is 0.342 e. The number of likely N-dealkylation sites (N-methyl/N-ethyl adjacent to an activating group) is 1. The lowest BCUT2D eigenvalue weighted by atomic mass is 9.96. The summed E-state index contributed by atoms with van der Waals surface area (Å²) in [5.74, 6) is 1.65. The molecule has 0 unspecified atom stereocenters. The maximum Gasteiger partial charge on any atom is 0.240 e. The van der Waals surface area contributed by atoms with Crippen LogP contribution in [0.4, 0.5) is 0 Å². The van der Waals surface area contributed by atoms with Crippen molar-refractivity contribution < 1.29 is 9.32 Å². The van der Waals surface area contributed by atoms with Crippen molar-refractivity contribution in [2.75, 3.05) is 45.8 Å². The molecule has 7 nitrogen and oxygen atoms in total. The third-order valence-corrected chi connectivity index (χ3v) is 4.44. The predicted molar refractivity (Wildman–Crippen MR) is 92.6 cm³/mol. The molecule has 0 aliphatic carbocycles. The van der Waals surface area contributed by atoms with Gasteiger partial charge in [-0.15, -0.1) is 0 Å². The van der Waals surface area contributed by atoms with Crippen LogP contribution in [0.15, 0.2) is 4.52 Å². The molecule has 1 saturated heterocycles. The van der Waals surface area contributed by atoms with Gasteiger partial charge in [0.05, 0.1) is 13.1 Å². The first-order valence-corrected chi connectivity index (χ1v) is 8.89. The third kappa shape index (κ3) is 5.01. The molecule has 1 aromatic heterocycles. The molecule has 0 bridgehead atoms. The van der Waals surface area contributed by atoms with Crippen molar-refractivity contribution in [1.29, 1.82) is 0 Å². The molecule has 24 heavy (non-hydrogen) atoms. The fourth-order valence-corrected chi connectivity index (χ4v) is 2.79. The summed E-state index contributed by atoms with van der Waals surface area (Å²) in [4.78, 5) is 23.1. The van der Waals surface area contributed by atoms with E-state index in [-0.39, 0.29) is 11.3 Å². The Morgan fingerprint density at radius 1 is 1.12 bits per heavy atom. The van der Waals surface area contributed by atoms with E-state index in [2.05, 4.69) is 40.7 Å². The van der Waals surface area contributed by atoms with Crippen molar-refractivity contribution in [3.63, 3.8) is 0 Å². The van der Waals surface area contributed by atoms with Crippen LogP contribution in [0.25, 0.3) is 0 Å². The van der Waals surface area contributed by atoms with Gasteiger partial charge in [0.1, 0.15) is 0 Å². The van der Waals surface area contributed by atoms with Gasteiger partial charge in [-0.05, 0) is 13.8 Å². The molecule has 1 fully saturated rings. The molecular formula is C17H31N5O2. The van der Waals surface area contributed by atoms with E-state index in [0.717, 1.165) is 45.1 Å². The van der Waals surface area contributed by atoms with Crippen molar-refractivity contribution in [2.24, 2.45) is 0 Å². The Balaban J connectivity index is 1.79. The lowest BCUT2D eigenvalue weighted by Gasteiger charge is -2.34. The highest BCUT2D eigenvalue weighted by Gasteiger charge is 2.24. The van der Waals surface area contributed by atoms with Gasteiger partial charge >= 0.3 is 0 Å². The highest BCUT2D eigenvalue weighted by Crippen LogP contribution is 2.19. The predicted octanol–water partition coefficient (Wildman–Crippen LogP) is 1.35. The Bertz CT molecular complexity index is 525. The first kappa shape index (κ1) is 18.9. The van der Waals surface area contributed by atoms with Crippen LogP contribution in [-0.4, -0.2) is 76.6 Å². The number of nitrogens with zero attached hydrogens (tertiary/aromatic N) is 5. The molecule has 1 aliphatic heterocycles. The summed E-state index contributed by atoms with van der Waals surface area (Å²) in [5.41, 5.74) is -0.0920. The van der Waals surface area contributed by atoms with E-state index in [0.29, 0.717) is 19.0 Å². The summed E-state index contributed by atoms with van der Waals surface area (Å²) in [6.45, 7) is 16.7. The summed E-state index contributed by atoms with van der Waals surface area (Å²) < 4.78 is 5.37. The maximum absolute atomic E-state index is 12.2. The average molecular weight is 337 g/mol. The molecular weight excluding hydrogens is 306 g/mol. The molecule has 1 amide bonds. The molecule has 0 radical (unpaired) electrons. The molecule has 7 heteroatoms. The van der Waals surface area contributed by atoms with Crippen LogP contribution < -0.4 is 0 Å². The minimum Gasteiger partial charge on any atom is -0.342 e. The molecule has 0 N–H and O–H groups in total. The Hall–Kier alpha value is -1.47. The first-order valence-electron chi connectivity index (χ1n) is 8.89. The van der Waals surface area contributed by atoms with Gasteiger partial charge in [-0.3, -0.25) is 14.6 Å². The molecule has 136 valence electrons. The van der Waals surface area contributed by atoms with Gasteiger partial charge in [-0.25, -0.2) is 0 Å². The van der Waals surface area contributed by atoms with Crippen LogP contribution in [0.1, 0.15) is 46.3 Å². The van der Waals surface area contributed by atoms with Crippen LogP contribution in [0.2, 0.25) is 0 Å². The van der Waals surface area contributed by atoms with Crippen LogP contribution in [0, 0.1) is 0 Å². The summed E-state index contributed by atoms with van der Waals surface area (Å²) in [5, 5.41) is 4.07. The number of amides is 1. The number of piperazine rings is 1. The van der Waals surface area contributed by atoms with E-state index in [1.807, 2.05) is 18.7 Å². The maximum atomic E-state index is 12.2. The number of aromatic nitrogens is 2. The van der Waals surface area contributed by atoms with E-state index < -0.39 is 0 Å². The Morgan fingerprint density at radius 3 is 2.21 bits per heavy atom. The van der Waals surface area contributed by atoms with Crippen molar-refractivity contribution in [2.45, 2.75) is 46.6 Å². The molecule has 1 aliphatic rings. The fraction of sp³-hybridized carbons (Fsp3) is 0.824. The average Bonchev–Trinajstić information content (AvgIpc) is 2.99. The normalized spacial score (nSPS) is 17.2. The van der Waals surface area contributed by atoms with Gasteiger partial charge in [-0.2, -0.15) is 4.98 Å². The topological polar surface area (TPSA) is 65.7 Å². The number of hydrogen-bond donors (Lipinski definition) is 0. The van der Waals surface area contributed by atoms with E-state index in [1.165, 1.54) is 0 Å². The SMILES string of the molecule is CCN(CC)C(=O)CN1CCN(Cc2nc(C(C)(C)C)no2)CC1. The van der Waals surface area contributed by atoms with E-state index >= 15 is 0 Å². The zero-order valence-electron chi connectivity index (χ0n) is 15.7. The van der Waals surface area contributed by atoms with Gasteiger partial charge in [0.2, 0.25) is 11.8 Å². The monoisotopic (exact) mass is 337 g/mol. The van der Waals surface area contributed by atoms with E-state index in [1.54, 1.807) is 0 Å². The van der Waals surface area contributed by atoms with Crippen molar-refractivity contribution in [3.05, 3.63) is 11.7 Å². The van der Waals surface area contributed by atoms with Crippen molar-refractivity contribution >= 4 is 5.91 Å². The van der Waals surface area contributed by atoms with Crippen molar-refractivity contribution in [1.82, 2.24) is 24.8 Å². The second-order valence-corrected chi connectivity index (χ2v) is 7.38. The summed E-state index contributed by atoms with van der Waals surface area (Å²) in [6, 6.07) is 0. The smallest absolute Gasteiger partial charge is 0.240 e. The summed E-state index contributed by atoms with van der Waals surface area (Å²) in [7, 11) is 0. The number of hydrogen-bond acceptors (Lipinski definition) is 6. The molecule has 2 rings (SSSR count). The van der Waals surface area contributed by atoms with Crippen molar-refractivity contribution in [3.8, 4) is 0 Å². The van der Waals surface area contributed by atoms with E-state index in [9.17, 15) is 4.79 Å².